The first kappa shape index (κ1) is 18.9. The summed E-state index contributed by atoms with van der Waals surface area (Å²) in [6, 6.07) is 0. The van der Waals surface area contributed by atoms with Gasteiger partial charge in [-0.3, -0.25) is 0 Å². The molecule has 11 heteroatoms. The summed E-state index contributed by atoms with van der Waals surface area (Å²) in [4.78, 5) is 0. The fourth-order valence-electron chi connectivity index (χ4n) is 2.57. The van der Waals surface area contributed by atoms with Gasteiger partial charge in [0.15, 0.2) is 12.6 Å². The Morgan fingerprint density at radius 1 is 0.652 bits per heavy atom. The predicted molar refractivity (Wildman–Crippen MR) is 68.6 cm³/mol. The Hall–Kier alpha value is -0.440. The maximum atomic E-state index is 9.94. The molecule has 23 heavy (non-hydrogen) atoms. The molecule has 2 saturated heterocycles. The van der Waals surface area contributed by atoms with Crippen molar-refractivity contribution in [2.75, 3.05) is 13.2 Å². The van der Waals surface area contributed by atoms with E-state index in [9.17, 15) is 35.7 Å². The molecular formula is C12H22O11. The molecule has 0 spiro atoms. The zero-order chi connectivity index (χ0) is 17.3. The molecule has 0 radical (unpaired) electrons. The number of hydrogen-bond donors (Lipinski definition) is 8. The van der Waals surface area contributed by atoms with Gasteiger partial charge in [-0.25, -0.2) is 0 Å². The lowest BCUT2D eigenvalue weighted by molar-refractivity contribution is -0.355. The second-order valence-corrected chi connectivity index (χ2v) is 5.53. The summed E-state index contributed by atoms with van der Waals surface area (Å²) in [5.41, 5.74) is 0. The first-order chi connectivity index (χ1) is 10.8. The van der Waals surface area contributed by atoms with Crippen molar-refractivity contribution < 1.29 is 55.1 Å². The minimum Gasteiger partial charge on any atom is -0.394 e. The van der Waals surface area contributed by atoms with Crippen molar-refractivity contribution >= 4 is 0 Å². The van der Waals surface area contributed by atoms with Crippen LogP contribution in [0.5, 0.6) is 0 Å². The van der Waals surface area contributed by atoms with Gasteiger partial charge >= 0.3 is 0 Å². The highest BCUT2D eigenvalue weighted by molar-refractivity contribution is 4.93. The van der Waals surface area contributed by atoms with Gasteiger partial charge < -0.3 is 55.1 Å². The summed E-state index contributed by atoms with van der Waals surface area (Å²) in [7, 11) is 0. The number of ether oxygens (including phenoxy) is 3. The average molecular weight is 342 g/mol. The van der Waals surface area contributed by atoms with Gasteiger partial charge in [0, 0.05) is 0 Å². The first-order valence-electron chi connectivity index (χ1n) is 7.08. The van der Waals surface area contributed by atoms with Crippen molar-refractivity contribution in [3.8, 4) is 0 Å². The highest BCUT2D eigenvalue weighted by Crippen LogP contribution is 2.28. The molecule has 0 aromatic heterocycles. The van der Waals surface area contributed by atoms with Crippen molar-refractivity contribution in [1.29, 1.82) is 0 Å². The van der Waals surface area contributed by atoms with Gasteiger partial charge in [0.05, 0.1) is 13.2 Å². The molecule has 0 aromatic carbocycles. The average Bonchev–Trinajstić information content (AvgIpc) is 2.55. The summed E-state index contributed by atoms with van der Waals surface area (Å²) in [6.07, 6.45) is -15.6. The fraction of sp³-hybridized carbons (Fsp3) is 1.00. The second-order valence-electron chi connectivity index (χ2n) is 5.53. The van der Waals surface area contributed by atoms with Crippen LogP contribution < -0.4 is 0 Å². The molecule has 0 aromatic rings. The van der Waals surface area contributed by atoms with E-state index in [0.717, 1.165) is 0 Å². The van der Waals surface area contributed by atoms with Crippen LogP contribution >= 0.6 is 0 Å². The molecule has 0 saturated carbocycles. The number of aliphatic hydroxyl groups excluding tert-OH is 8. The van der Waals surface area contributed by atoms with Gasteiger partial charge in [0.2, 0.25) is 0 Å². The minimum absolute atomic E-state index is 0.667. The lowest BCUT2D eigenvalue weighted by Crippen LogP contribution is -2.64. The van der Waals surface area contributed by atoms with Crippen LogP contribution in [0, 0.1) is 0 Å². The lowest BCUT2D eigenvalue weighted by atomic mass is 9.97. The molecule has 8 N–H and O–H groups in total. The Bertz CT molecular complexity index is 378. The summed E-state index contributed by atoms with van der Waals surface area (Å²) in [6.45, 7) is -1.35. The molecule has 136 valence electrons. The Morgan fingerprint density at radius 3 is 1.83 bits per heavy atom. The molecule has 0 aliphatic carbocycles. The first-order valence-corrected chi connectivity index (χ1v) is 7.08. The van der Waals surface area contributed by atoms with Crippen LogP contribution in [0.15, 0.2) is 0 Å². The Morgan fingerprint density at radius 2 is 1.26 bits per heavy atom. The van der Waals surface area contributed by atoms with Crippen LogP contribution in [0.2, 0.25) is 0 Å². The molecule has 10 atom stereocenters. The molecule has 0 amide bonds. The van der Waals surface area contributed by atoms with E-state index in [-0.39, 0.29) is 0 Å². The molecule has 2 heterocycles. The second kappa shape index (κ2) is 7.63. The van der Waals surface area contributed by atoms with Crippen LogP contribution in [0.3, 0.4) is 0 Å². The van der Waals surface area contributed by atoms with Gasteiger partial charge in [-0.1, -0.05) is 0 Å². The monoisotopic (exact) mass is 342 g/mol. The Kier molecular flexibility index (Phi) is 6.27. The fourth-order valence-corrected chi connectivity index (χ4v) is 2.57. The largest absolute Gasteiger partial charge is 0.394 e. The van der Waals surface area contributed by atoms with Crippen molar-refractivity contribution in [2.24, 2.45) is 0 Å². The maximum absolute atomic E-state index is 9.94. The SMILES string of the molecule is OC[C@H]1OC(O[C@H]2[C@H](O)[C@H](O)[C@@H](O)O[C@@H]2CO)[C@H](O)[C@@H](O)[C@H]1O. The van der Waals surface area contributed by atoms with Gasteiger partial charge in [0.25, 0.3) is 0 Å². The topological polar surface area (TPSA) is 190 Å². The normalized spacial score (nSPS) is 51.7. The third-order valence-corrected chi connectivity index (χ3v) is 3.98. The zero-order valence-corrected chi connectivity index (χ0v) is 12.0. The van der Waals surface area contributed by atoms with Gasteiger partial charge in [-0.05, 0) is 0 Å². The highest BCUT2D eigenvalue weighted by atomic mass is 16.7. The van der Waals surface area contributed by atoms with E-state index in [0.29, 0.717) is 0 Å². The molecule has 2 rings (SSSR count). The zero-order valence-electron chi connectivity index (χ0n) is 12.0. The van der Waals surface area contributed by atoms with E-state index in [2.05, 4.69) is 0 Å². The maximum Gasteiger partial charge on any atom is 0.187 e. The van der Waals surface area contributed by atoms with Crippen molar-refractivity contribution in [3.63, 3.8) is 0 Å². The molecule has 2 aliphatic heterocycles. The Balaban J connectivity index is 2.11. The third-order valence-electron chi connectivity index (χ3n) is 3.98. The molecule has 0 bridgehead atoms. The summed E-state index contributed by atoms with van der Waals surface area (Å²) < 4.78 is 15.3. The van der Waals surface area contributed by atoms with E-state index in [1.807, 2.05) is 0 Å². The number of rotatable bonds is 4. The minimum atomic E-state index is -1.74. The van der Waals surface area contributed by atoms with Crippen molar-refractivity contribution in [2.45, 2.75) is 61.4 Å². The smallest absolute Gasteiger partial charge is 0.187 e. The number of hydrogen-bond acceptors (Lipinski definition) is 11. The molecule has 11 nitrogen and oxygen atoms in total. The van der Waals surface area contributed by atoms with Crippen molar-refractivity contribution in [3.05, 3.63) is 0 Å². The lowest BCUT2D eigenvalue weighted by Gasteiger charge is -2.45. The Labute approximate surface area is 130 Å². The number of aliphatic hydroxyl groups is 8. The highest BCUT2D eigenvalue weighted by Gasteiger charge is 2.50. The van der Waals surface area contributed by atoms with E-state index in [4.69, 9.17) is 19.3 Å². The van der Waals surface area contributed by atoms with Crippen LogP contribution in [0.1, 0.15) is 0 Å². The van der Waals surface area contributed by atoms with Gasteiger partial charge in [-0.15, -0.1) is 0 Å². The van der Waals surface area contributed by atoms with Crippen LogP contribution in [0.4, 0.5) is 0 Å². The summed E-state index contributed by atoms with van der Waals surface area (Å²) >= 11 is 0. The predicted octanol–water partition coefficient (Wildman–Crippen LogP) is -5.40. The van der Waals surface area contributed by atoms with Crippen molar-refractivity contribution in [1.82, 2.24) is 0 Å². The molecular weight excluding hydrogens is 320 g/mol. The summed E-state index contributed by atoms with van der Waals surface area (Å²) in [5, 5.41) is 76.5. The molecule has 1 unspecified atom stereocenters. The molecule has 2 fully saturated rings. The van der Waals surface area contributed by atoms with E-state index in [1.54, 1.807) is 0 Å². The van der Waals surface area contributed by atoms with Crippen LogP contribution in [-0.4, -0.2) is 115 Å². The summed E-state index contributed by atoms with van der Waals surface area (Å²) in [5.74, 6) is 0. The third kappa shape index (κ3) is 3.65. The van der Waals surface area contributed by atoms with Crippen LogP contribution in [0.25, 0.3) is 0 Å². The van der Waals surface area contributed by atoms with E-state index >= 15 is 0 Å². The van der Waals surface area contributed by atoms with Gasteiger partial charge in [-0.2, -0.15) is 0 Å². The molecule has 2 aliphatic rings. The van der Waals surface area contributed by atoms with E-state index < -0.39 is 74.6 Å². The van der Waals surface area contributed by atoms with Gasteiger partial charge in [0.1, 0.15) is 48.8 Å². The standard InChI is InChI=1S/C12H22O11/c13-1-3-5(15)6(16)9(19)12(22-3)23-10-4(2-14)21-11(20)8(18)7(10)17/h3-20H,1-2H2/t3-,4-,5+,6+,7-,8+,9-,10-,11+,12?/m1/s1. The van der Waals surface area contributed by atoms with E-state index in [1.165, 1.54) is 0 Å². The quantitative estimate of drug-likeness (QED) is 0.243. The van der Waals surface area contributed by atoms with Crippen LogP contribution in [-0.2, 0) is 14.2 Å².